The number of nitrogens with one attached hydrogen (secondary N) is 1. The summed E-state index contributed by atoms with van der Waals surface area (Å²) in [5.74, 6) is -1.09. The van der Waals surface area contributed by atoms with Crippen molar-refractivity contribution in [3.63, 3.8) is 0 Å². The van der Waals surface area contributed by atoms with Crippen LogP contribution in [0.15, 0.2) is 23.6 Å². The third kappa shape index (κ3) is 4.40. The minimum Gasteiger partial charge on any atom is -0.345 e. The highest BCUT2D eigenvalue weighted by atomic mass is 32.1. The molecule has 0 unspecified atom stereocenters. The van der Waals surface area contributed by atoms with Crippen molar-refractivity contribution in [1.82, 2.24) is 5.32 Å². The van der Waals surface area contributed by atoms with Crippen LogP contribution in [0.4, 0.5) is 0 Å². The van der Waals surface area contributed by atoms with Crippen molar-refractivity contribution in [1.29, 1.82) is 0 Å². The molecule has 86 valence electrons. The van der Waals surface area contributed by atoms with Crippen LogP contribution < -0.4 is 5.32 Å². The molecule has 0 radical (unpaired) electrons. The van der Waals surface area contributed by atoms with E-state index in [1.54, 1.807) is 6.08 Å². The van der Waals surface area contributed by atoms with Gasteiger partial charge in [-0.15, -0.1) is 11.3 Å². The lowest BCUT2D eigenvalue weighted by Gasteiger charge is -2.19. The van der Waals surface area contributed by atoms with E-state index < -0.39 is 11.7 Å². The fraction of sp³-hybridized carbons (Fsp3) is 0.333. The average Bonchev–Trinajstić information content (AvgIpc) is 2.63. The summed E-state index contributed by atoms with van der Waals surface area (Å²) in [4.78, 5) is 23.8. The van der Waals surface area contributed by atoms with Crippen LogP contribution >= 0.6 is 11.3 Å². The predicted molar refractivity (Wildman–Crippen MR) is 66.3 cm³/mol. The van der Waals surface area contributed by atoms with Crippen LogP contribution in [0.1, 0.15) is 25.6 Å². The van der Waals surface area contributed by atoms with E-state index >= 15 is 0 Å². The van der Waals surface area contributed by atoms with Gasteiger partial charge >= 0.3 is 0 Å². The molecule has 0 fully saturated rings. The Kier molecular flexibility index (Phi) is 4.01. The first-order chi connectivity index (χ1) is 7.38. The van der Waals surface area contributed by atoms with Gasteiger partial charge < -0.3 is 5.32 Å². The fourth-order valence-corrected chi connectivity index (χ4v) is 1.64. The van der Waals surface area contributed by atoms with Crippen LogP contribution in [0, 0.1) is 0 Å². The lowest BCUT2D eigenvalue weighted by Crippen LogP contribution is -2.43. The monoisotopic (exact) mass is 237 g/mol. The molecule has 0 bridgehead atoms. The first-order valence-electron chi connectivity index (χ1n) is 4.96. The molecular formula is C12H15NO2S. The molecule has 0 aliphatic rings. The maximum atomic E-state index is 11.4. The van der Waals surface area contributed by atoms with Crippen LogP contribution in [-0.4, -0.2) is 17.2 Å². The summed E-state index contributed by atoms with van der Waals surface area (Å²) in [6.07, 6.45) is 2.95. The largest absolute Gasteiger partial charge is 0.345 e. The second kappa shape index (κ2) is 5.07. The van der Waals surface area contributed by atoms with Gasteiger partial charge in [0.25, 0.3) is 5.91 Å². The van der Waals surface area contributed by atoms with Gasteiger partial charge in [0.05, 0.1) is 0 Å². The molecule has 1 N–H and O–H groups in total. The standard InChI is InChI=1S/C12H15NO2S/c1-12(2,3)13-11(15)10(14)7-6-9-5-4-8-16-9/h4-8H,1-3H3,(H,13,15)/b7-6+. The summed E-state index contributed by atoms with van der Waals surface area (Å²) in [7, 11) is 0. The Morgan fingerprint density at radius 3 is 2.56 bits per heavy atom. The van der Waals surface area contributed by atoms with Gasteiger partial charge in [-0.1, -0.05) is 6.07 Å². The maximum Gasteiger partial charge on any atom is 0.292 e. The molecule has 16 heavy (non-hydrogen) atoms. The zero-order valence-corrected chi connectivity index (χ0v) is 10.4. The number of amides is 1. The van der Waals surface area contributed by atoms with Crippen LogP contribution in [0.2, 0.25) is 0 Å². The van der Waals surface area contributed by atoms with Gasteiger partial charge in [-0.2, -0.15) is 0 Å². The number of thiophene rings is 1. The number of carbonyl (C=O) groups is 2. The Labute approximate surface area is 99.2 Å². The fourth-order valence-electron chi connectivity index (χ4n) is 1.02. The highest BCUT2D eigenvalue weighted by molar-refractivity contribution is 7.10. The van der Waals surface area contributed by atoms with E-state index in [1.165, 1.54) is 17.4 Å². The molecule has 1 aromatic rings. The smallest absolute Gasteiger partial charge is 0.292 e. The number of rotatable bonds is 3. The Balaban J connectivity index is 2.56. The van der Waals surface area contributed by atoms with E-state index in [0.29, 0.717) is 0 Å². The van der Waals surface area contributed by atoms with E-state index in [1.807, 2.05) is 38.3 Å². The first kappa shape index (κ1) is 12.6. The van der Waals surface area contributed by atoms with Crippen LogP contribution in [0.5, 0.6) is 0 Å². The third-order valence-electron chi connectivity index (χ3n) is 1.65. The van der Waals surface area contributed by atoms with Crippen molar-refractivity contribution in [3.05, 3.63) is 28.5 Å². The normalized spacial score (nSPS) is 11.7. The van der Waals surface area contributed by atoms with Crippen LogP contribution in [0.3, 0.4) is 0 Å². The van der Waals surface area contributed by atoms with Crippen molar-refractivity contribution in [3.8, 4) is 0 Å². The third-order valence-corrected chi connectivity index (χ3v) is 2.49. The quantitative estimate of drug-likeness (QED) is 0.647. The molecule has 3 nitrogen and oxygen atoms in total. The van der Waals surface area contributed by atoms with Crippen molar-refractivity contribution < 1.29 is 9.59 Å². The number of ketones is 1. The molecule has 0 saturated heterocycles. The summed E-state index contributed by atoms with van der Waals surface area (Å²) >= 11 is 1.52. The van der Waals surface area contributed by atoms with Gasteiger partial charge in [0.2, 0.25) is 5.78 Å². The van der Waals surface area contributed by atoms with Gasteiger partial charge in [-0.05, 0) is 44.4 Å². The zero-order chi connectivity index (χ0) is 12.2. The predicted octanol–water partition coefficient (Wildman–Crippen LogP) is 2.25. The minimum absolute atomic E-state index is 0.385. The second-order valence-corrected chi connectivity index (χ2v) is 5.40. The Hall–Kier alpha value is -1.42. The Morgan fingerprint density at radius 2 is 2.06 bits per heavy atom. The molecule has 4 heteroatoms. The van der Waals surface area contributed by atoms with E-state index in [9.17, 15) is 9.59 Å². The molecule has 1 rings (SSSR count). The van der Waals surface area contributed by atoms with Crippen molar-refractivity contribution in [2.45, 2.75) is 26.3 Å². The SMILES string of the molecule is CC(C)(C)NC(=O)C(=O)/C=C/c1cccs1. The van der Waals surface area contributed by atoms with Crippen LogP contribution in [0.25, 0.3) is 6.08 Å². The molecule has 0 spiro atoms. The topological polar surface area (TPSA) is 46.2 Å². The summed E-state index contributed by atoms with van der Waals surface area (Å²) in [5, 5.41) is 4.53. The average molecular weight is 237 g/mol. The highest BCUT2D eigenvalue weighted by Gasteiger charge is 2.17. The molecule has 1 amide bonds. The van der Waals surface area contributed by atoms with Gasteiger partial charge in [-0.25, -0.2) is 0 Å². The summed E-state index contributed by atoms with van der Waals surface area (Å²) < 4.78 is 0. The van der Waals surface area contributed by atoms with Crippen LogP contribution in [-0.2, 0) is 9.59 Å². The van der Waals surface area contributed by atoms with Gasteiger partial charge in [0.15, 0.2) is 0 Å². The molecular weight excluding hydrogens is 222 g/mol. The maximum absolute atomic E-state index is 11.4. The van der Waals surface area contributed by atoms with Gasteiger partial charge in [0.1, 0.15) is 0 Å². The van der Waals surface area contributed by atoms with Crippen molar-refractivity contribution >= 4 is 29.1 Å². The summed E-state index contributed by atoms with van der Waals surface area (Å²) in [5.41, 5.74) is -0.385. The van der Waals surface area contributed by atoms with Gasteiger partial charge in [-0.3, -0.25) is 9.59 Å². The molecule has 0 saturated carbocycles. The zero-order valence-electron chi connectivity index (χ0n) is 9.61. The molecule has 0 aliphatic carbocycles. The van der Waals surface area contributed by atoms with E-state index in [2.05, 4.69) is 5.32 Å². The second-order valence-electron chi connectivity index (χ2n) is 4.42. The highest BCUT2D eigenvalue weighted by Crippen LogP contribution is 2.10. The lowest BCUT2D eigenvalue weighted by atomic mass is 10.1. The first-order valence-corrected chi connectivity index (χ1v) is 5.84. The number of hydrogen-bond acceptors (Lipinski definition) is 3. The summed E-state index contributed by atoms with van der Waals surface area (Å²) in [6, 6.07) is 3.78. The molecule has 0 aliphatic heterocycles. The molecule has 0 aromatic carbocycles. The number of hydrogen-bond donors (Lipinski definition) is 1. The molecule has 1 heterocycles. The van der Waals surface area contributed by atoms with Crippen molar-refractivity contribution in [2.24, 2.45) is 0 Å². The van der Waals surface area contributed by atoms with Crippen molar-refractivity contribution in [2.75, 3.05) is 0 Å². The minimum atomic E-state index is -0.569. The molecule has 0 atom stereocenters. The van der Waals surface area contributed by atoms with E-state index in [0.717, 1.165) is 4.88 Å². The molecule has 1 aromatic heterocycles. The lowest BCUT2D eigenvalue weighted by molar-refractivity contribution is -0.136. The number of carbonyl (C=O) groups excluding carboxylic acids is 2. The van der Waals surface area contributed by atoms with Gasteiger partial charge in [0, 0.05) is 10.4 Å². The Bertz CT molecular complexity index is 399. The Morgan fingerprint density at radius 1 is 1.38 bits per heavy atom. The van der Waals surface area contributed by atoms with E-state index in [-0.39, 0.29) is 5.54 Å². The van der Waals surface area contributed by atoms with E-state index in [4.69, 9.17) is 0 Å². The summed E-state index contributed by atoms with van der Waals surface area (Å²) in [6.45, 7) is 5.50.